The molecule has 2 aromatic carbocycles. The summed E-state index contributed by atoms with van der Waals surface area (Å²) >= 11 is 0. The molecule has 3 N–H and O–H groups in total. The molecule has 21 heavy (non-hydrogen) atoms. The second kappa shape index (κ2) is 7.33. The molecule has 0 amide bonds. The SMILES string of the molecule is CC(C)NC(N)=NCc1cccc(Oc2ccccc2)c1. The van der Waals surface area contributed by atoms with Crippen molar-refractivity contribution in [3.63, 3.8) is 0 Å². The summed E-state index contributed by atoms with van der Waals surface area (Å²) in [5.74, 6) is 2.07. The van der Waals surface area contributed by atoms with Crippen molar-refractivity contribution in [2.45, 2.75) is 26.4 Å². The summed E-state index contributed by atoms with van der Waals surface area (Å²) in [7, 11) is 0. The van der Waals surface area contributed by atoms with E-state index in [1.54, 1.807) is 0 Å². The van der Waals surface area contributed by atoms with Crippen molar-refractivity contribution in [1.82, 2.24) is 5.32 Å². The van der Waals surface area contributed by atoms with Crippen molar-refractivity contribution < 1.29 is 4.74 Å². The molecule has 0 aliphatic rings. The average molecular weight is 283 g/mol. The maximum Gasteiger partial charge on any atom is 0.189 e. The van der Waals surface area contributed by atoms with Gasteiger partial charge < -0.3 is 15.8 Å². The molecule has 0 bridgehead atoms. The Morgan fingerprint density at radius 2 is 1.81 bits per heavy atom. The molecule has 0 aliphatic carbocycles. The van der Waals surface area contributed by atoms with E-state index < -0.39 is 0 Å². The van der Waals surface area contributed by atoms with E-state index in [1.807, 2.05) is 68.4 Å². The van der Waals surface area contributed by atoms with Crippen LogP contribution in [0.3, 0.4) is 0 Å². The van der Waals surface area contributed by atoms with Crippen molar-refractivity contribution in [3.05, 3.63) is 60.2 Å². The third kappa shape index (κ3) is 5.18. The zero-order valence-electron chi connectivity index (χ0n) is 12.4. The molecule has 0 saturated heterocycles. The third-order valence-electron chi connectivity index (χ3n) is 2.75. The molecular formula is C17H21N3O. The highest BCUT2D eigenvalue weighted by Gasteiger charge is 2.00. The second-order valence-electron chi connectivity index (χ2n) is 5.06. The minimum atomic E-state index is 0.279. The number of hydrogen-bond acceptors (Lipinski definition) is 2. The minimum absolute atomic E-state index is 0.279. The van der Waals surface area contributed by atoms with Gasteiger partial charge in [-0.05, 0) is 43.7 Å². The molecule has 2 aromatic rings. The second-order valence-corrected chi connectivity index (χ2v) is 5.06. The number of benzene rings is 2. The van der Waals surface area contributed by atoms with E-state index >= 15 is 0 Å². The van der Waals surface area contributed by atoms with Gasteiger partial charge in [0.2, 0.25) is 0 Å². The summed E-state index contributed by atoms with van der Waals surface area (Å²) in [4.78, 5) is 4.31. The Balaban J connectivity index is 2.01. The van der Waals surface area contributed by atoms with Crippen LogP contribution in [0.25, 0.3) is 0 Å². The Morgan fingerprint density at radius 1 is 1.10 bits per heavy atom. The van der Waals surface area contributed by atoms with Gasteiger partial charge in [0, 0.05) is 6.04 Å². The van der Waals surface area contributed by atoms with Gasteiger partial charge in [-0.15, -0.1) is 0 Å². The predicted octanol–water partition coefficient (Wildman–Crippen LogP) is 3.29. The normalized spacial score (nSPS) is 11.5. The number of guanidine groups is 1. The zero-order chi connectivity index (χ0) is 15.1. The lowest BCUT2D eigenvalue weighted by Crippen LogP contribution is -2.36. The number of hydrogen-bond donors (Lipinski definition) is 2. The summed E-state index contributed by atoms with van der Waals surface area (Å²) in [6.45, 7) is 4.57. The molecule has 0 radical (unpaired) electrons. The molecule has 0 atom stereocenters. The van der Waals surface area contributed by atoms with Gasteiger partial charge in [0.25, 0.3) is 0 Å². The van der Waals surface area contributed by atoms with Crippen LogP contribution in [0.2, 0.25) is 0 Å². The Kier molecular flexibility index (Phi) is 5.21. The Hall–Kier alpha value is -2.49. The Bertz CT molecular complexity index is 594. The van der Waals surface area contributed by atoms with E-state index in [1.165, 1.54) is 0 Å². The van der Waals surface area contributed by atoms with Crippen molar-refractivity contribution in [2.24, 2.45) is 10.7 Å². The van der Waals surface area contributed by atoms with Gasteiger partial charge in [0.15, 0.2) is 5.96 Å². The van der Waals surface area contributed by atoms with Gasteiger partial charge in [-0.1, -0.05) is 30.3 Å². The summed E-state index contributed by atoms with van der Waals surface area (Å²) < 4.78 is 5.80. The zero-order valence-corrected chi connectivity index (χ0v) is 12.4. The fourth-order valence-electron chi connectivity index (χ4n) is 1.85. The molecule has 0 fully saturated rings. The average Bonchev–Trinajstić information content (AvgIpc) is 2.46. The number of ether oxygens (including phenoxy) is 1. The topological polar surface area (TPSA) is 59.6 Å². The smallest absolute Gasteiger partial charge is 0.189 e. The first-order chi connectivity index (χ1) is 10.1. The first kappa shape index (κ1) is 14.9. The monoisotopic (exact) mass is 283 g/mol. The molecule has 110 valence electrons. The quantitative estimate of drug-likeness (QED) is 0.654. The molecule has 4 heteroatoms. The van der Waals surface area contributed by atoms with Crippen LogP contribution >= 0.6 is 0 Å². The van der Waals surface area contributed by atoms with Crippen molar-refractivity contribution in [2.75, 3.05) is 0 Å². The fourth-order valence-corrected chi connectivity index (χ4v) is 1.85. The standard InChI is InChI=1S/C17H21N3O/c1-13(2)20-17(18)19-12-14-7-6-10-16(11-14)21-15-8-4-3-5-9-15/h3-11,13H,12H2,1-2H3,(H3,18,19,20). The molecule has 0 aromatic heterocycles. The van der Waals surface area contributed by atoms with Crippen LogP contribution in [0.5, 0.6) is 11.5 Å². The van der Waals surface area contributed by atoms with E-state index in [9.17, 15) is 0 Å². The van der Waals surface area contributed by atoms with Crippen LogP contribution < -0.4 is 15.8 Å². The van der Waals surface area contributed by atoms with Gasteiger partial charge in [0.1, 0.15) is 11.5 Å². The van der Waals surface area contributed by atoms with Gasteiger partial charge >= 0.3 is 0 Å². The molecule has 0 aliphatic heterocycles. The minimum Gasteiger partial charge on any atom is -0.457 e. The van der Waals surface area contributed by atoms with E-state index in [0.29, 0.717) is 12.5 Å². The first-order valence-corrected chi connectivity index (χ1v) is 7.02. The Morgan fingerprint density at radius 3 is 2.52 bits per heavy atom. The first-order valence-electron chi connectivity index (χ1n) is 7.02. The molecule has 0 heterocycles. The van der Waals surface area contributed by atoms with Crippen molar-refractivity contribution >= 4 is 5.96 Å². The lowest BCUT2D eigenvalue weighted by Gasteiger charge is -2.09. The van der Waals surface area contributed by atoms with Crippen molar-refractivity contribution in [3.8, 4) is 11.5 Å². The number of aliphatic imine (C=N–C) groups is 1. The highest BCUT2D eigenvalue weighted by molar-refractivity contribution is 5.78. The maximum atomic E-state index is 5.80. The maximum absolute atomic E-state index is 5.80. The molecule has 0 saturated carbocycles. The predicted molar refractivity (Wildman–Crippen MR) is 86.6 cm³/mol. The van der Waals surface area contributed by atoms with E-state index in [4.69, 9.17) is 10.5 Å². The number of nitrogens with zero attached hydrogens (tertiary/aromatic N) is 1. The van der Waals surface area contributed by atoms with Crippen LogP contribution in [0.1, 0.15) is 19.4 Å². The van der Waals surface area contributed by atoms with Gasteiger partial charge in [-0.3, -0.25) is 0 Å². The number of nitrogens with two attached hydrogens (primary N) is 1. The van der Waals surface area contributed by atoms with E-state index in [0.717, 1.165) is 17.1 Å². The van der Waals surface area contributed by atoms with Crippen LogP contribution in [0.15, 0.2) is 59.6 Å². The van der Waals surface area contributed by atoms with Crippen molar-refractivity contribution in [1.29, 1.82) is 0 Å². The molecule has 2 rings (SSSR count). The van der Waals surface area contributed by atoms with E-state index in [2.05, 4.69) is 10.3 Å². The number of para-hydroxylation sites is 1. The summed E-state index contributed by atoms with van der Waals surface area (Å²) in [6.07, 6.45) is 0. The number of rotatable bonds is 5. The molecular weight excluding hydrogens is 262 g/mol. The van der Waals surface area contributed by atoms with Crippen LogP contribution in [-0.4, -0.2) is 12.0 Å². The summed E-state index contributed by atoms with van der Waals surface area (Å²) in [5.41, 5.74) is 6.84. The Labute approximate surface area is 125 Å². The number of nitrogens with one attached hydrogen (secondary N) is 1. The summed E-state index contributed by atoms with van der Waals surface area (Å²) in [5, 5.41) is 3.06. The fraction of sp³-hybridized carbons (Fsp3) is 0.235. The molecule has 0 unspecified atom stereocenters. The van der Waals surface area contributed by atoms with Crippen LogP contribution in [0, 0.1) is 0 Å². The third-order valence-corrected chi connectivity index (χ3v) is 2.75. The summed E-state index contributed by atoms with van der Waals surface area (Å²) in [6, 6.07) is 17.8. The highest BCUT2D eigenvalue weighted by atomic mass is 16.5. The van der Waals surface area contributed by atoms with Gasteiger partial charge in [0.05, 0.1) is 6.54 Å². The largest absolute Gasteiger partial charge is 0.457 e. The van der Waals surface area contributed by atoms with Crippen LogP contribution in [0.4, 0.5) is 0 Å². The van der Waals surface area contributed by atoms with Crippen LogP contribution in [-0.2, 0) is 6.54 Å². The molecule has 4 nitrogen and oxygen atoms in total. The molecule has 0 spiro atoms. The van der Waals surface area contributed by atoms with Gasteiger partial charge in [-0.2, -0.15) is 0 Å². The highest BCUT2D eigenvalue weighted by Crippen LogP contribution is 2.21. The van der Waals surface area contributed by atoms with E-state index in [-0.39, 0.29) is 6.04 Å². The lowest BCUT2D eigenvalue weighted by atomic mass is 10.2. The lowest BCUT2D eigenvalue weighted by molar-refractivity contribution is 0.482. The van der Waals surface area contributed by atoms with Gasteiger partial charge in [-0.25, -0.2) is 4.99 Å².